The van der Waals surface area contributed by atoms with Crippen molar-refractivity contribution in [2.24, 2.45) is 11.8 Å². The molecule has 128 valence electrons. The van der Waals surface area contributed by atoms with Gasteiger partial charge >= 0.3 is 5.76 Å². The molecule has 1 amide bonds. The Balaban J connectivity index is 2.09. The summed E-state index contributed by atoms with van der Waals surface area (Å²) in [5, 5.41) is 2.96. The maximum Gasteiger partial charge on any atom is 0.341 e. The molecule has 4 nitrogen and oxygen atoms in total. The van der Waals surface area contributed by atoms with E-state index in [1.807, 2.05) is 0 Å². The maximum absolute atomic E-state index is 12.5. The highest BCUT2D eigenvalue weighted by atomic mass is 32.2. The smallest absolute Gasteiger partial charge is 0.341 e. The number of carbonyl (C=O) groups excluding carboxylic acids is 1. The van der Waals surface area contributed by atoms with Gasteiger partial charge in [-0.1, -0.05) is 26.7 Å². The molecular weight excluding hydrogens is 324 g/mol. The summed E-state index contributed by atoms with van der Waals surface area (Å²) >= 11 is 0. The summed E-state index contributed by atoms with van der Waals surface area (Å²) in [5.74, 6) is -2.87. The van der Waals surface area contributed by atoms with Crippen molar-refractivity contribution in [3.8, 4) is 0 Å². The molecule has 1 fully saturated rings. The van der Waals surface area contributed by atoms with E-state index < -0.39 is 20.5 Å². The standard InChI is InChI=1S/C16H21F2NO3S/c1-10-4-3-5-14(11(10)2)19-15(20)12-6-8-13(9-7-12)23(21,22)16(17)18/h6-11,14,16H,3-5H2,1-2H3,(H,19,20). The molecule has 0 saturated heterocycles. The Morgan fingerprint density at radius 3 is 2.35 bits per heavy atom. The van der Waals surface area contributed by atoms with Crippen molar-refractivity contribution in [3.63, 3.8) is 0 Å². The number of amides is 1. The fourth-order valence-corrected chi connectivity index (χ4v) is 3.66. The molecule has 1 aromatic carbocycles. The fourth-order valence-electron chi connectivity index (χ4n) is 2.94. The first-order chi connectivity index (χ1) is 10.7. The van der Waals surface area contributed by atoms with Gasteiger partial charge in [-0.05, 0) is 42.5 Å². The lowest BCUT2D eigenvalue weighted by Crippen LogP contribution is -2.43. The predicted octanol–water partition coefficient (Wildman–Crippen LogP) is 3.24. The topological polar surface area (TPSA) is 63.2 Å². The summed E-state index contributed by atoms with van der Waals surface area (Å²) in [6, 6.07) is 4.70. The molecular formula is C16H21F2NO3S. The molecule has 23 heavy (non-hydrogen) atoms. The molecule has 1 saturated carbocycles. The van der Waals surface area contributed by atoms with Gasteiger partial charge in [-0.2, -0.15) is 8.78 Å². The van der Waals surface area contributed by atoms with Crippen LogP contribution in [0.15, 0.2) is 29.2 Å². The molecule has 1 aromatic rings. The van der Waals surface area contributed by atoms with Crippen LogP contribution in [0.1, 0.15) is 43.5 Å². The number of benzene rings is 1. The molecule has 7 heteroatoms. The quantitative estimate of drug-likeness (QED) is 0.911. The number of halogens is 2. The number of hydrogen-bond acceptors (Lipinski definition) is 3. The van der Waals surface area contributed by atoms with Crippen LogP contribution in [0.2, 0.25) is 0 Å². The van der Waals surface area contributed by atoms with Gasteiger partial charge in [0.1, 0.15) is 0 Å². The number of carbonyl (C=O) groups is 1. The van der Waals surface area contributed by atoms with Gasteiger partial charge in [0.2, 0.25) is 9.84 Å². The SMILES string of the molecule is CC1CCCC(NC(=O)c2ccc(S(=O)(=O)C(F)F)cc2)C1C. The summed E-state index contributed by atoms with van der Waals surface area (Å²) in [6.45, 7) is 4.26. The van der Waals surface area contributed by atoms with Crippen molar-refractivity contribution in [2.45, 2.75) is 49.8 Å². The van der Waals surface area contributed by atoms with Gasteiger partial charge in [-0.15, -0.1) is 0 Å². The summed E-state index contributed by atoms with van der Waals surface area (Å²) < 4.78 is 47.7. The summed E-state index contributed by atoms with van der Waals surface area (Å²) in [6.07, 6.45) is 3.12. The first kappa shape index (κ1) is 17.8. The third kappa shape index (κ3) is 3.88. The predicted molar refractivity (Wildman–Crippen MR) is 83.1 cm³/mol. The zero-order valence-electron chi connectivity index (χ0n) is 13.1. The largest absolute Gasteiger partial charge is 0.349 e. The molecule has 0 heterocycles. The minimum absolute atomic E-state index is 0.0794. The van der Waals surface area contributed by atoms with E-state index in [0.29, 0.717) is 11.8 Å². The van der Waals surface area contributed by atoms with E-state index in [9.17, 15) is 22.0 Å². The van der Waals surface area contributed by atoms with E-state index in [0.717, 1.165) is 31.4 Å². The maximum atomic E-state index is 12.5. The van der Waals surface area contributed by atoms with Gasteiger partial charge in [-0.3, -0.25) is 4.79 Å². The molecule has 1 aliphatic rings. The molecule has 1 aliphatic carbocycles. The Hall–Kier alpha value is -1.50. The first-order valence-corrected chi connectivity index (χ1v) is 9.21. The number of sulfone groups is 1. The minimum Gasteiger partial charge on any atom is -0.349 e. The van der Waals surface area contributed by atoms with Crippen LogP contribution in [-0.2, 0) is 9.84 Å². The van der Waals surface area contributed by atoms with E-state index in [-0.39, 0.29) is 17.5 Å². The van der Waals surface area contributed by atoms with Crippen LogP contribution in [-0.4, -0.2) is 26.1 Å². The normalized spacial score (nSPS) is 25.3. The lowest BCUT2D eigenvalue weighted by atomic mass is 9.78. The zero-order chi connectivity index (χ0) is 17.2. The van der Waals surface area contributed by atoms with Crippen LogP contribution in [0.5, 0.6) is 0 Å². The Bertz CT molecular complexity index is 658. The van der Waals surface area contributed by atoms with Crippen LogP contribution in [0.3, 0.4) is 0 Å². The van der Waals surface area contributed by atoms with E-state index in [4.69, 9.17) is 0 Å². The molecule has 0 aromatic heterocycles. The Kier molecular flexibility index (Phi) is 5.39. The van der Waals surface area contributed by atoms with E-state index >= 15 is 0 Å². The van der Waals surface area contributed by atoms with Gasteiger partial charge in [0.15, 0.2) is 0 Å². The molecule has 0 bridgehead atoms. The van der Waals surface area contributed by atoms with Crippen molar-refractivity contribution in [3.05, 3.63) is 29.8 Å². The highest BCUT2D eigenvalue weighted by Gasteiger charge is 2.29. The molecule has 0 radical (unpaired) electrons. The van der Waals surface area contributed by atoms with Gasteiger partial charge in [0.05, 0.1) is 4.90 Å². The third-order valence-corrected chi connectivity index (χ3v) is 6.10. The second-order valence-corrected chi connectivity index (χ2v) is 8.10. The van der Waals surface area contributed by atoms with Crippen molar-refractivity contribution < 1.29 is 22.0 Å². The van der Waals surface area contributed by atoms with Crippen molar-refractivity contribution in [1.29, 1.82) is 0 Å². The van der Waals surface area contributed by atoms with E-state index in [1.165, 1.54) is 12.1 Å². The molecule has 3 atom stereocenters. The number of alkyl halides is 2. The average Bonchev–Trinajstić information content (AvgIpc) is 2.51. The summed E-state index contributed by atoms with van der Waals surface area (Å²) in [7, 11) is -4.63. The average molecular weight is 345 g/mol. The van der Waals surface area contributed by atoms with Gasteiger partial charge in [-0.25, -0.2) is 8.42 Å². The highest BCUT2D eigenvalue weighted by Crippen LogP contribution is 2.29. The van der Waals surface area contributed by atoms with Crippen molar-refractivity contribution in [1.82, 2.24) is 5.32 Å². The Morgan fingerprint density at radius 1 is 1.17 bits per heavy atom. The Labute approximate surface area is 135 Å². The minimum atomic E-state index is -4.63. The van der Waals surface area contributed by atoms with Crippen molar-refractivity contribution >= 4 is 15.7 Å². The monoisotopic (exact) mass is 345 g/mol. The first-order valence-electron chi connectivity index (χ1n) is 7.66. The number of nitrogens with one attached hydrogen (secondary N) is 1. The number of rotatable bonds is 4. The van der Waals surface area contributed by atoms with Crippen LogP contribution < -0.4 is 5.32 Å². The van der Waals surface area contributed by atoms with Crippen molar-refractivity contribution in [2.75, 3.05) is 0 Å². The third-order valence-electron chi connectivity index (χ3n) is 4.70. The Morgan fingerprint density at radius 2 is 1.78 bits per heavy atom. The highest BCUT2D eigenvalue weighted by molar-refractivity contribution is 7.91. The molecule has 0 aliphatic heterocycles. The van der Waals surface area contributed by atoms with Crippen LogP contribution in [0.4, 0.5) is 8.78 Å². The van der Waals surface area contributed by atoms with E-state index in [1.54, 1.807) is 0 Å². The molecule has 2 rings (SSSR count). The lowest BCUT2D eigenvalue weighted by molar-refractivity contribution is 0.0891. The summed E-state index contributed by atoms with van der Waals surface area (Å²) in [5.41, 5.74) is 0.267. The van der Waals surface area contributed by atoms with Gasteiger partial charge in [0, 0.05) is 11.6 Å². The van der Waals surface area contributed by atoms with E-state index in [2.05, 4.69) is 19.2 Å². The summed E-state index contributed by atoms with van der Waals surface area (Å²) in [4.78, 5) is 11.8. The molecule has 3 unspecified atom stereocenters. The fraction of sp³-hybridized carbons (Fsp3) is 0.562. The van der Waals surface area contributed by atoms with Crippen LogP contribution in [0, 0.1) is 11.8 Å². The molecule has 1 N–H and O–H groups in total. The lowest BCUT2D eigenvalue weighted by Gasteiger charge is -2.34. The van der Waals surface area contributed by atoms with Crippen LogP contribution >= 0.6 is 0 Å². The second kappa shape index (κ2) is 6.95. The number of hydrogen-bond donors (Lipinski definition) is 1. The van der Waals surface area contributed by atoms with Gasteiger partial charge < -0.3 is 5.32 Å². The van der Waals surface area contributed by atoms with Crippen LogP contribution in [0.25, 0.3) is 0 Å². The molecule has 0 spiro atoms. The zero-order valence-corrected chi connectivity index (χ0v) is 13.9. The van der Waals surface area contributed by atoms with Gasteiger partial charge in [0.25, 0.3) is 5.91 Å². The second-order valence-electron chi connectivity index (χ2n) is 6.18.